The van der Waals surface area contributed by atoms with Crippen LogP contribution in [0.25, 0.3) is 0 Å². The summed E-state index contributed by atoms with van der Waals surface area (Å²) in [6, 6.07) is 4.22. The lowest BCUT2D eigenvalue weighted by atomic mass is 10.2. The molecule has 1 amide bonds. The van der Waals surface area contributed by atoms with E-state index in [1.54, 1.807) is 0 Å². The SMILES string of the molecule is CC(C)Sc1nnc(NC(=O)C(C)N(c2ccccc2F)S(C)(=O)=O)s1. The van der Waals surface area contributed by atoms with Gasteiger partial charge in [0.2, 0.25) is 21.1 Å². The Morgan fingerprint density at radius 2 is 1.92 bits per heavy atom. The van der Waals surface area contributed by atoms with Gasteiger partial charge in [-0.15, -0.1) is 10.2 Å². The Bertz CT molecular complexity index is 886. The average molecular weight is 419 g/mol. The zero-order valence-electron chi connectivity index (χ0n) is 14.6. The second-order valence-corrected chi connectivity index (χ2v) is 10.4. The van der Waals surface area contributed by atoms with E-state index in [1.807, 2.05) is 13.8 Å². The van der Waals surface area contributed by atoms with Crippen molar-refractivity contribution in [2.75, 3.05) is 15.9 Å². The van der Waals surface area contributed by atoms with Crippen LogP contribution in [0, 0.1) is 5.82 Å². The highest BCUT2D eigenvalue weighted by Gasteiger charge is 2.31. The normalized spacial score (nSPS) is 12.8. The molecule has 1 heterocycles. The van der Waals surface area contributed by atoms with E-state index in [2.05, 4.69) is 15.5 Å². The minimum Gasteiger partial charge on any atom is -0.299 e. The number of anilines is 2. The number of thioether (sulfide) groups is 1. The van der Waals surface area contributed by atoms with Gasteiger partial charge in [0.05, 0.1) is 11.9 Å². The maximum absolute atomic E-state index is 14.1. The van der Waals surface area contributed by atoms with Gasteiger partial charge in [0.15, 0.2) is 4.34 Å². The van der Waals surface area contributed by atoms with Crippen molar-refractivity contribution in [3.8, 4) is 0 Å². The maximum atomic E-state index is 14.1. The number of halogens is 1. The molecule has 1 unspecified atom stereocenters. The van der Waals surface area contributed by atoms with E-state index >= 15 is 0 Å². The number of nitrogens with one attached hydrogen (secondary N) is 1. The van der Waals surface area contributed by atoms with Crippen molar-refractivity contribution in [2.24, 2.45) is 0 Å². The van der Waals surface area contributed by atoms with Gasteiger partial charge < -0.3 is 0 Å². The Kier molecular flexibility index (Phi) is 6.58. The minimum atomic E-state index is -3.89. The summed E-state index contributed by atoms with van der Waals surface area (Å²) in [6.45, 7) is 5.39. The monoisotopic (exact) mass is 418 g/mol. The average Bonchev–Trinajstić information content (AvgIpc) is 2.94. The Labute approximate surface area is 160 Å². The largest absolute Gasteiger partial charge is 0.299 e. The summed E-state index contributed by atoms with van der Waals surface area (Å²) in [6.07, 6.45) is 0.922. The summed E-state index contributed by atoms with van der Waals surface area (Å²) in [5.41, 5.74) is -0.189. The van der Waals surface area contributed by atoms with Gasteiger partial charge in [0, 0.05) is 5.25 Å². The first-order valence-electron chi connectivity index (χ1n) is 7.64. The molecule has 26 heavy (non-hydrogen) atoms. The number of para-hydroxylation sites is 1. The Morgan fingerprint density at radius 1 is 1.27 bits per heavy atom. The van der Waals surface area contributed by atoms with Crippen molar-refractivity contribution < 1.29 is 17.6 Å². The fourth-order valence-electron chi connectivity index (χ4n) is 2.13. The molecule has 1 N–H and O–H groups in total. The molecule has 0 radical (unpaired) electrons. The topological polar surface area (TPSA) is 92.3 Å². The van der Waals surface area contributed by atoms with E-state index in [1.165, 1.54) is 48.2 Å². The summed E-state index contributed by atoms with van der Waals surface area (Å²) in [7, 11) is -3.89. The number of amides is 1. The van der Waals surface area contributed by atoms with Gasteiger partial charge in [-0.25, -0.2) is 12.8 Å². The van der Waals surface area contributed by atoms with Crippen LogP contribution in [0.1, 0.15) is 20.8 Å². The summed E-state index contributed by atoms with van der Waals surface area (Å²) in [5, 5.41) is 10.9. The van der Waals surface area contributed by atoms with Gasteiger partial charge in [-0.05, 0) is 19.1 Å². The second kappa shape index (κ2) is 8.31. The standard InChI is InChI=1S/C15H19FN4O3S3/c1-9(2)24-15-19-18-14(25-15)17-13(21)10(3)20(26(4,22)23)12-8-6-5-7-11(12)16/h5-10H,1-4H3,(H,17,18,21). The van der Waals surface area contributed by atoms with Crippen molar-refractivity contribution in [3.05, 3.63) is 30.1 Å². The first kappa shape index (κ1) is 20.6. The van der Waals surface area contributed by atoms with Crippen molar-refractivity contribution >= 4 is 49.8 Å². The van der Waals surface area contributed by atoms with Crippen molar-refractivity contribution in [3.63, 3.8) is 0 Å². The van der Waals surface area contributed by atoms with Crippen LogP contribution in [-0.4, -0.2) is 42.1 Å². The van der Waals surface area contributed by atoms with Gasteiger partial charge in [-0.3, -0.25) is 14.4 Å². The van der Waals surface area contributed by atoms with E-state index < -0.39 is 27.8 Å². The predicted molar refractivity (Wildman–Crippen MR) is 103 cm³/mol. The molecule has 1 aromatic carbocycles. The van der Waals surface area contributed by atoms with Crippen molar-refractivity contribution in [2.45, 2.75) is 36.4 Å². The molecule has 7 nitrogen and oxygen atoms in total. The molecule has 0 aliphatic carbocycles. The first-order valence-corrected chi connectivity index (χ1v) is 11.2. The second-order valence-electron chi connectivity index (χ2n) is 5.72. The number of sulfonamides is 1. The smallest absolute Gasteiger partial charge is 0.249 e. The Balaban J connectivity index is 2.23. The van der Waals surface area contributed by atoms with Crippen LogP contribution in [0.4, 0.5) is 15.2 Å². The lowest BCUT2D eigenvalue weighted by Crippen LogP contribution is -2.45. The van der Waals surface area contributed by atoms with Gasteiger partial charge in [0.1, 0.15) is 11.9 Å². The van der Waals surface area contributed by atoms with Gasteiger partial charge in [-0.1, -0.05) is 49.1 Å². The third-order valence-electron chi connectivity index (χ3n) is 3.15. The van der Waals surface area contributed by atoms with Crippen LogP contribution in [0.3, 0.4) is 0 Å². The van der Waals surface area contributed by atoms with E-state index in [-0.39, 0.29) is 10.8 Å². The van der Waals surface area contributed by atoms with Crippen molar-refractivity contribution in [1.82, 2.24) is 10.2 Å². The molecule has 0 spiro atoms. The van der Waals surface area contributed by atoms with Crippen LogP contribution in [0.15, 0.2) is 28.6 Å². The Hall–Kier alpha value is -1.72. The summed E-state index contributed by atoms with van der Waals surface area (Å²) < 4.78 is 39.8. The van der Waals surface area contributed by atoms with E-state index in [4.69, 9.17) is 0 Å². The number of rotatable bonds is 7. The predicted octanol–water partition coefficient (Wildman–Crippen LogP) is 2.97. The number of hydrogen-bond donors (Lipinski definition) is 1. The van der Waals surface area contributed by atoms with Crippen LogP contribution in [0.2, 0.25) is 0 Å². The number of benzene rings is 1. The first-order chi connectivity index (χ1) is 12.1. The number of nitrogens with zero attached hydrogens (tertiary/aromatic N) is 3. The molecule has 11 heteroatoms. The lowest BCUT2D eigenvalue weighted by molar-refractivity contribution is -0.116. The third-order valence-corrected chi connectivity index (χ3v) is 6.31. The molecule has 1 aromatic heterocycles. The van der Waals surface area contributed by atoms with Crippen LogP contribution >= 0.6 is 23.1 Å². The van der Waals surface area contributed by atoms with Crippen LogP contribution in [0.5, 0.6) is 0 Å². The number of aromatic nitrogens is 2. The molecular formula is C15H19FN4O3S3. The highest BCUT2D eigenvalue weighted by atomic mass is 32.2. The van der Waals surface area contributed by atoms with Crippen LogP contribution in [-0.2, 0) is 14.8 Å². The molecule has 2 aromatic rings. The summed E-state index contributed by atoms with van der Waals surface area (Å²) >= 11 is 2.69. The van der Waals surface area contributed by atoms with E-state index in [0.717, 1.165) is 16.6 Å². The van der Waals surface area contributed by atoms with Gasteiger partial charge >= 0.3 is 0 Å². The fraction of sp³-hybridized carbons (Fsp3) is 0.400. The zero-order valence-corrected chi connectivity index (χ0v) is 17.1. The number of carbonyl (C=O) groups is 1. The summed E-state index contributed by atoms with van der Waals surface area (Å²) in [5.74, 6) is -1.36. The minimum absolute atomic E-state index is 0.189. The lowest BCUT2D eigenvalue weighted by Gasteiger charge is -2.28. The quantitative estimate of drug-likeness (QED) is 0.549. The fourth-order valence-corrected chi connectivity index (χ4v) is 5.28. The molecule has 1 atom stereocenters. The number of hydrogen-bond acceptors (Lipinski definition) is 7. The molecule has 0 aliphatic heterocycles. The van der Waals surface area contributed by atoms with Gasteiger partial charge in [0.25, 0.3) is 0 Å². The number of carbonyl (C=O) groups excluding carboxylic acids is 1. The molecule has 0 bridgehead atoms. The molecule has 0 aliphatic rings. The molecule has 0 saturated heterocycles. The highest BCUT2D eigenvalue weighted by Crippen LogP contribution is 2.29. The van der Waals surface area contributed by atoms with Crippen molar-refractivity contribution in [1.29, 1.82) is 0 Å². The molecule has 142 valence electrons. The molecule has 2 rings (SSSR count). The maximum Gasteiger partial charge on any atom is 0.249 e. The molecule has 0 fully saturated rings. The summed E-state index contributed by atoms with van der Waals surface area (Å²) in [4.78, 5) is 12.5. The van der Waals surface area contributed by atoms with Crippen LogP contribution < -0.4 is 9.62 Å². The molecule has 0 saturated carbocycles. The van der Waals surface area contributed by atoms with Gasteiger partial charge in [-0.2, -0.15) is 0 Å². The molecular weight excluding hydrogens is 399 g/mol. The third kappa shape index (κ3) is 5.15. The van der Waals surface area contributed by atoms with E-state index in [0.29, 0.717) is 9.59 Å². The van der Waals surface area contributed by atoms with E-state index in [9.17, 15) is 17.6 Å². The Morgan fingerprint density at radius 3 is 2.50 bits per heavy atom. The zero-order chi connectivity index (χ0) is 19.5. The highest BCUT2D eigenvalue weighted by molar-refractivity contribution is 8.01.